The van der Waals surface area contributed by atoms with Crippen molar-refractivity contribution in [1.29, 1.82) is 0 Å². The van der Waals surface area contributed by atoms with Crippen LogP contribution in [0.2, 0.25) is 10.0 Å². The number of hydrogen-bond donors (Lipinski definition) is 1. The Morgan fingerprint density at radius 1 is 1.00 bits per heavy atom. The van der Waals surface area contributed by atoms with E-state index in [4.69, 9.17) is 23.2 Å². The maximum Gasteiger partial charge on any atom is 0.242 e. The molecule has 1 N–H and O–H groups in total. The standard InChI is InChI=1S/C22H26Cl2N2O2/c1-3-13-25-22(28)20(4-2)26(15-16-9-6-5-7-10-16)21(27)14-17-18(23)11-8-12-19(17)24/h5-12,20H,3-4,13-15H2,1-2H3,(H,25,28)/t20-/m0/s1. The van der Waals surface area contributed by atoms with Crippen molar-refractivity contribution >= 4 is 35.0 Å². The molecule has 4 nitrogen and oxygen atoms in total. The number of amides is 2. The highest BCUT2D eigenvalue weighted by Crippen LogP contribution is 2.26. The van der Waals surface area contributed by atoms with Crippen LogP contribution in [0, 0.1) is 0 Å². The molecule has 0 aliphatic heterocycles. The molecule has 2 aromatic rings. The zero-order valence-corrected chi connectivity index (χ0v) is 17.8. The Morgan fingerprint density at radius 3 is 2.21 bits per heavy atom. The van der Waals surface area contributed by atoms with Gasteiger partial charge >= 0.3 is 0 Å². The molecular formula is C22H26Cl2N2O2. The molecule has 2 aromatic carbocycles. The third-order valence-corrected chi connectivity index (χ3v) is 5.23. The molecule has 0 saturated heterocycles. The van der Waals surface area contributed by atoms with Gasteiger partial charge in [-0.2, -0.15) is 0 Å². The van der Waals surface area contributed by atoms with E-state index in [2.05, 4.69) is 5.32 Å². The number of hydrogen-bond acceptors (Lipinski definition) is 2. The number of carbonyl (C=O) groups excluding carboxylic acids is 2. The first-order valence-corrected chi connectivity index (χ1v) is 10.3. The molecule has 0 heterocycles. The lowest BCUT2D eigenvalue weighted by atomic mass is 10.1. The average molecular weight is 421 g/mol. The maximum absolute atomic E-state index is 13.2. The summed E-state index contributed by atoms with van der Waals surface area (Å²) in [5.41, 5.74) is 1.54. The van der Waals surface area contributed by atoms with E-state index >= 15 is 0 Å². The first-order valence-electron chi connectivity index (χ1n) is 9.51. The number of nitrogens with one attached hydrogen (secondary N) is 1. The third-order valence-electron chi connectivity index (χ3n) is 4.52. The van der Waals surface area contributed by atoms with Gasteiger partial charge in [-0.1, -0.05) is 73.4 Å². The molecule has 0 aliphatic rings. The van der Waals surface area contributed by atoms with Crippen LogP contribution in [0.25, 0.3) is 0 Å². The highest BCUT2D eigenvalue weighted by molar-refractivity contribution is 6.36. The summed E-state index contributed by atoms with van der Waals surface area (Å²) < 4.78 is 0. The second-order valence-electron chi connectivity index (χ2n) is 6.60. The van der Waals surface area contributed by atoms with Crippen LogP contribution in [-0.2, 0) is 22.6 Å². The second kappa shape index (κ2) is 11.1. The summed E-state index contributed by atoms with van der Waals surface area (Å²) in [6.07, 6.45) is 1.40. The minimum absolute atomic E-state index is 0.0445. The summed E-state index contributed by atoms with van der Waals surface area (Å²) in [6.45, 7) is 4.83. The van der Waals surface area contributed by atoms with Gasteiger partial charge in [-0.3, -0.25) is 9.59 Å². The highest BCUT2D eigenvalue weighted by Gasteiger charge is 2.29. The molecule has 28 heavy (non-hydrogen) atoms. The fourth-order valence-electron chi connectivity index (χ4n) is 3.02. The van der Waals surface area contributed by atoms with Crippen LogP contribution in [0.1, 0.15) is 37.8 Å². The number of halogens is 2. The minimum atomic E-state index is -0.555. The number of nitrogens with zero attached hydrogens (tertiary/aromatic N) is 1. The Bertz CT molecular complexity index is 776. The van der Waals surface area contributed by atoms with Crippen LogP contribution in [0.3, 0.4) is 0 Å². The van der Waals surface area contributed by atoms with E-state index < -0.39 is 6.04 Å². The first kappa shape index (κ1) is 22.3. The van der Waals surface area contributed by atoms with Crippen LogP contribution >= 0.6 is 23.2 Å². The van der Waals surface area contributed by atoms with Gasteiger partial charge in [0, 0.05) is 23.1 Å². The van der Waals surface area contributed by atoms with E-state index in [0.29, 0.717) is 35.1 Å². The maximum atomic E-state index is 13.2. The molecule has 0 unspecified atom stereocenters. The van der Waals surface area contributed by atoms with E-state index in [1.165, 1.54) is 0 Å². The Hall–Kier alpha value is -2.04. The van der Waals surface area contributed by atoms with Gasteiger partial charge in [0.15, 0.2) is 0 Å². The lowest BCUT2D eigenvalue weighted by Gasteiger charge is -2.31. The quantitative estimate of drug-likeness (QED) is 0.628. The smallest absolute Gasteiger partial charge is 0.242 e. The van der Waals surface area contributed by atoms with Gasteiger partial charge in [0.1, 0.15) is 6.04 Å². The molecule has 2 amide bonds. The number of rotatable bonds is 9. The van der Waals surface area contributed by atoms with Gasteiger partial charge in [0.25, 0.3) is 0 Å². The van der Waals surface area contributed by atoms with Gasteiger partial charge < -0.3 is 10.2 Å². The first-order chi connectivity index (χ1) is 13.5. The lowest BCUT2D eigenvalue weighted by molar-refractivity contribution is -0.140. The van der Waals surface area contributed by atoms with E-state index in [0.717, 1.165) is 12.0 Å². The van der Waals surface area contributed by atoms with Crippen LogP contribution in [0.5, 0.6) is 0 Å². The predicted molar refractivity (Wildman–Crippen MR) is 115 cm³/mol. The highest BCUT2D eigenvalue weighted by atomic mass is 35.5. The molecule has 6 heteroatoms. The lowest BCUT2D eigenvalue weighted by Crippen LogP contribution is -2.49. The van der Waals surface area contributed by atoms with Crippen molar-refractivity contribution in [2.24, 2.45) is 0 Å². The topological polar surface area (TPSA) is 49.4 Å². The normalized spacial score (nSPS) is 11.7. The van der Waals surface area contributed by atoms with Crippen LogP contribution in [0.15, 0.2) is 48.5 Å². The van der Waals surface area contributed by atoms with Gasteiger partial charge in [-0.25, -0.2) is 0 Å². The largest absolute Gasteiger partial charge is 0.354 e. The van der Waals surface area contributed by atoms with E-state index in [1.807, 2.05) is 44.2 Å². The summed E-state index contributed by atoms with van der Waals surface area (Å²) in [7, 11) is 0. The molecule has 0 aromatic heterocycles. The average Bonchev–Trinajstić information content (AvgIpc) is 2.69. The Labute approximate surface area is 176 Å². The van der Waals surface area contributed by atoms with Gasteiger partial charge in [0.2, 0.25) is 11.8 Å². The Balaban J connectivity index is 2.30. The van der Waals surface area contributed by atoms with Crippen molar-refractivity contribution in [3.05, 3.63) is 69.7 Å². The van der Waals surface area contributed by atoms with Crippen molar-refractivity contribution in [3.8, 4) is 0 Å². The summed E-state index contributed by atoms with van der Waals surface area (Å²) >= 11 is 12.5. The molecule has 0 saturated carbocycles. The molecule has 0 spiro atoms. The SMILES string of the molecule is CCCNC(=O)[C@H](CC)N(Cc1ccccc1)C(=O)Cc1c(Cl)cccc1Cl. The van der Waals surface area contributed by atoms with Gasteiger partial charge in [-0.05, 0) is 36.1 Å². The van der Waals surface area contributed by atoms with Crippen LogP contribution in [0.4, 0.5) is 0 Å². The van der Waals surface area contributed by atoms with Crippen molar-refractivity contribution in [3.63, 3.8) is 0 Å². The molecule has 150 valence electrons. The predicted octanol–water partition coefficient (Wildman–Crippen LogP) is 4.87. The number of benzene rings is 2. The molecule has 0 bridgehead atoms. The zero-order valence-electron chi connectivity index (χ0n) is 16.3. The summed E-state index contributed by atoms with van der Waals surface area (Å²) in [5.74, 6) is -0.323. The Morgan fingerprint density at radius 2 is 1.64 bits per heavy atom. The summed E-state index contributed by atoms with van der Waals surface area (Å²) in [5, 5.41) is 3.80. The third kappa shape index (κ3) is 5.98. The Kier molecular flexibility index (Phi) is 8.81. The van der Waals surface area contributed by atoms with E-state index in [9.17, 15) is 9.59 Å². The monoisotopic (exact) mass is 420 g/mol. The molecular weight excluding hydrogens is 395 g/mol. The summed E-state index contributed by atoms with van der Waals surface area (Å²) in [4.78, 5) is 27.6. The van der Waals surface area contributed by atoms with Gasteiger partial charge in [-0.15, -0.1) is 0 Å². The van der Waals surface area contributed by atoms with Crippen LogP contribution in [-0.4, -0.2) is 29.3 Å². The molecule has 1 atom stereocenters. The summed E-state index contributed by atoms with van der Waals surface area (Å²) in [6, 6.07) is 14.3. The molecule has 0 radical (unpaired) electrons. The van der Waals surface area contributed by atoms with Crippen molar-refractivity contribution in [1.82, 2.24) is 10.2 Å². The van der Waals surface area contributed by atoms with Crippen molar-refractivity contribution in [2.45, 2.75) is 45.7 Å². The van der Waals surface area contributed by atoms with E-state index in [-0.39, 0.29) is 18.2 Å². The van der Waals surface area contributed by atoms with Crippen molar-refractivity contribution in [2.75, 3.05) is 6.54 Å². The fraction of sp³-hybridized carbons (Fsp3) is 0.364. The van der Waals surface area contributed by atoms with Gasteiger partial charge in [0.05, 0.1) is 6.42 Å². The molecule has 2 rings (SSSR count). The fourth-order valence-corrected chi connectivity index (χ4v) is 3.55. The van der Waals surface area contributed by atoms with E-state index in [1.54, 1.807) is 23.1 Å². The van der Waals surface area contributed by atoms with Crippen LogP contribution < -0.4 is 5.32 Å². The molecule has 0 aliphatic carbocycles. The minimum Gasteiger partial charge on any atom is -0.354 e. The van der Waals surface area contributed by atoms with Crippen molar-refractivity contribution < 1.29 is 9.59 Å². The zero-order chi connectivity index (χ0) is 20.5. The number of carbonyl (C=O) groups is 2. The molecule has 0 fully saturated rings. The second-order valence-corrected chi connectivity index (χ2v) is 7.41.